The van der Waals surface area contributed by atoms with Crippen LogP contribution < -0.4 is 0 Å². The summed E-state index contributed by atoms with van der Waals surface area (Å²) in [5, 5.41) is 10.5. The molecule has 0 spiro atoms. The summed E-state index contributed by atoms with van der Waals surface area (Å²) in [5.74, 6) is 0.308. The molecule has 3 nitrogen and oxygen atoms in total. The zero-order chi connectivity index (χ0) is 16.8. The molecule has 0 aliphatic heterocycles. The Hall–Kier alpha value is -1.90. The molecule has 0 radical (unpaired) electrons. The highest BCUT2D eigenvalue weighted by Gasteiger charge is 2.31. The van der Waals surface area contributed by atoms with Gasteiger partial charge in [0.25, 0.3) is 0 Å². The van der Waals surface area contributed by atoms with Crippen LogP contribution in [0.25, 0.3) is 0 Å². The lowest BCUT2D eigenvalue weighted by Gasteiger charge is -2.25. The molecule has 1 aromatic rings. The number of aliphatic imine (C=N–C) groups is 1. The molecule has 124 valence electrons. The van der Waals surface area contributed by atoms with Gasteiger partial charge in [-0.25, -0.2) is 0 Å². The standard InChI is InChI=1S/C20H27NO2/c1-4-9-17(21-14(3)5-2)20-18(22)12-16(13-19(20)23)15-10-7-6-8-11-15/h6-8,10-11,14,16,22H,4-5,9,12-13H2,1-3H3. The van der Waals surface area contributed by atoms with Gasteiger partial charge in [-0.3, -0.25) is 9.79 Å². The first-order valence-corrected chi connectivity index (χ1v) is 8.64. The number of hydrogen-bond acceptors (Lipinski definition) is 3. The number of allylic oxidation sites excluding steroid dienone is 2. The molecule has 0 saturated carbocycles. The summed E-state index contributed by atoms with van der Waals surface area (Å²) in [6, 6.07) is 10.1. The number of rotatable bonds is 6. The van der Waals surface area contributed by atoms with Gasteiger partial charge in [0, 0.05) is 24.6 Å². The van der Waals surface area contributed by atoms with Crippen LogP contribution in [-0.4, -0.2) is 22.6 Å². The average Bonchev–Trinajstić information content (AvgIpc) is 2.55. The molecule has 0 bridgehead atoms. The SMILES string of the molecule is CCCC(=NC(C)CC)C1=C(O)CC(c2ccccc2)CC1=O. The highest BCUT2D eigenvalue weighted by molar-refractivity contribution is 6.23. The van der Waals surface area contributed by atoms with E-state index in [0.29, 0.717) is 18.4 Å². The van der Waals surface area contributed by atoms with Gasteiger partial charge in [0.05, 0.1) is 5.57 Å². The minimum absolute atomic E-state index is 0.0260. The third kappa shape index (κ3) is 4.31. The molecule has 2 rings (SSSR count). The van der Waals surface area contributed by atoms with Crippen LogP contribution in [-0.2, 0) is 4.79 Å². The van der Waals surface area contributed by atoms with Crippen LogP contribution in [0.5, 0.6) is 0 Å². The maximum Gasteiger partial charge on any atom is 0.168 e. The number of carbonyl (C=O) groups is 1. The van der Waals surface area contributed by atoms with E-state index in [9.17, 15) is 9.90 Å². The number of hydrogen-bond donors (Lipinski definition) is 1. The number of aliphatic hydroxyl groups excluding tert-OH is 1. The van der Waals surface area contributed by atoms with Gasteiger partial charge in [0.1, 0.15) is 5.76 Å². The Labute approximate surface area is 139 Å². The van der Waals surface area contributed by atoms with Crippen molar-refractivity contribution < 1.29 is 9.90 Å². The highest BCUT2D eigenvalue weighted by atomic mass is 16.3. The fourth-order valence-corrected chi connectivity index (χ4v) is 3.03. The Bertz CT molecular complexity index is 601. The van der Waals surface area contributed by atoms with E-state index in [2.05, 4.69) is 18.8 Å². The van der Waals surface area contributed by atoms with Gasteiger partial charge in [-0.15, -0.1) is 0 Å². The second-order valence-electron chi connectivity index (χ2n) is 6.34. The highest BCUT2D eigenvalue weighted by Crippen LogP contribution is 2.34. The van der Waals surface area contributed by atoms with Crippen LogP contribution in [0.1, 0.15) is 64.4 Å². The molecule has 23 heavy (non-hydrogen) atoms. The van der Waals surface area contributed by atoms with Crippen LogP contribution in [0.3, 0.4) is 0 Å². The topological polar surface area (TPSA) is 49.7 Å². The van der Waals surface area contributed by atoms with Crippen LogP contribution in [0, 0.1) is 0 Å². The smallest absolute Gasteiger partial charge is 0.168 e. The number of Topliss-reactive ketones (excluding diaryl/α,β-unsaturated/α-hetero) is 1. The Morgan fingerprint density at radius 3 is 2.52 bits per heavy atom. The Morgan fingerprint density at radius 2 is 1.96 bits per heavy atom. The lowest BCUT2D eigenvalue weighted by atomic mass is 9.80. The quantitative estimate of drug-likeness (QED) is 0.753. The summed E-state index contributed by atoms with van der Waals surface area (Å²) >= 11 is 0. The largest absolute Gasteiger partial charge is 0.511 e. The molecule has 1 aliphatic rings. The number of benzene rings is 1. The van der Waals surface area contributed by atoms with Crippen LogP contribution >= 0.6 is 0 Å². The zero-order valence-corrected chi connectivity index (χ0v) is 14.4. The molecule has 0 amide bonds. The molecule has 1 aromatic carbocycles. The van der Waals surface area contributed by atoms with Crippen LogP contribution in [0.4, 0.5) is 0 Å². The molecular formula is C20H27NO2. The summed E-state index contributed by atoms with van der Waals surface area (Å²) in [7, 11) is 0. The van der Waals surface area contributed by atoms with Crippen molar-refractivity contribution in [2.45, 2.75) is 64.8 Å². The van der Waals surface area contributed by atoms with Crippen LogP contribution in [0.2, 0.25) is 0 Å². The molecule has 0 heterocycles. The van der Waals surface area contributed by atoms with Crippen molar-refractivity contribution in [3.63, 3.8) is 0 Å². The van der Waals surface area contributed by atoms with Crippen molar-refractivity contribution in [1.29, 1.82) is 0 Å². The first-order chi connectivity index (χ1) is 11.1. The Balaban J connectivity index is 2.31. The van der Waals surface area contributed by atoms with Gasteiger partial charge < -0.3 is 5.11 Å². The van der Waals surface area contributed by atoms with Gasteiger partial charge in [-0.05, 0) is 31.2 Å². The average molecular weight is 313 g/mol. The van der Waals surface area contributed by atoms with Crippen molar-refractivity contribution in [2.75, 3.05) is 0 Å². The predicted octanol–water partition coefficient (Wildman–Crippen LogP) is 4.98. The molecule has 0 saturated heterocycles. The lowest BCUT2D eigenvalue weighted by molar-refractivity contribution is -0.116. The second-order valence-corrected chi connectivity index (χ2v) is 6.34. The molecule has 1 aliphatic carbocycles. The molecule has 0 aromatic heterocycles. The fourth-order valence-electron chi connectivity index (χ4n) is 3.03. The molecule has 3 heteroatoms. The fraction of sp³-hybridized carbons (Fsp3) is 0.500. The Morgan fingerprint density at radius 1 is 1.26 bits per heavy atom. The molecule has 2 unspecified atom stereocenters. The molecule has 0 fully saturated rings. The summed E-state index contributed by atoms with van der Waals surface area (Å²) in [6.07, 6.45) is 3.57. The van der Waals surface area contributed by atoms with Gasteiger partial charge >= 0.3 is 0 Å². The van der Waals surface area contributed by atoms with Crippen molar-refractivity contribution in [2.24, 2.45) is 4.99 Å². The number of carbonyl (C=O) groups excluding carboxylic acids is 1. The summed E-state index contributed by atoms with van der Waals surface area (Å²) in [5.41, 5.74) is 2.39. The first kappa shape index (κ1) is 17.5. The third-order valence-corrected chi connectivity index (χ3v) is 4.45. The van der Waals surface area contributed by atoms with E-state index < -0.39 is 0 Å². The van der Waals surface area contributed by atoms with E-state index >= 15 is 0 Å². The van der Waals surface area contributed by atoms with Crippen molar-refractivity contribution in [3.05, 3.63) is 47.2 Å². The van der Waals surface area contributed by atoms with Crippen LogP contribution in [0.15, 0.2) is 46.7 Å². The number of nitrogens with zero attached hydrogens (tertiary/aromatic N) is 1. The monoisotopic (exact) mass is 313 g/mol. The van der Waals surface area contributed by atoms with Crippen molar-refractivity contribution >= 4 is 11.5 Å². The lowest BCUT2D eigenvalue weighted by Crippen LogP contribution is -2.24. The summed E-state index contributed by atoms with van der Waals surface area (Å²) in [4.78, 5) is 17.4. The second kappa shape index (κ2) is 8.09. The number of ketones is 1. The molecular weight excluding hydrogens is 286 g/mol. The minimum atomic E-state index is 0.0260. The number of aliphatic hydroxyl groups is 1. The molecule has 2 atom stereocenters. The van der Waals surface area contributed by atoms with Crippen molar-refractivity contribution in [3.8, 4) is 0 Å². The summed E-state index contributed by atoms with van der Waals surface area (Å²) < 4.78 is 0. The van der Waals surface area contributed by atoms with Gasteiger partial charge in [0.2, 0.25) is 0 Å². The van der Waals surface area contributed by atoms with E-state index in [1.165, 1.54) is 0 Å². The summed E-state index contributed by atoms with van der Waals surface area (Å²) in [6.45, 7) is 6.21. The minimum Gasteiger partial charge on any atom is -0.511 e. The van der Waals surface area contributed by atoms with E-state index in [4.69, 9.17) is 0 Å². The maximum atomic E-state index is 12.7. The van der Waals surface area contributed by atoms with Crippen molar-refractivity contribution in [1.82, 2.24) is 0 Å². The first-order valence-electron chi connectivity index (χ1n) is 8.64. The van der Waals surface area contributed by atoms with Gasteiger partial charge in [-0.1, -0.05) is 50.6 Å². The Kier molecular flexibility index (Phi) is 6.14. The predicted molar refractivity (Wildman–Crippen MR) is 95.2 cm³/mol. The van der Waals surface area contributed by atoms with Gasteiger partial charge in [0.15, 0.2) is 5.78 Å². The molecule has 1 N–H and O–H groups in total. The van der Waals surface area contributed by atoms with E-state index in [0.717, 1.165) is 30.5 Å². The zero-order valence-electron chi connectivity index (χ0n) is 14.4. The van der Waals surface area contributed by atoms with E-state index in [-0.39, 0.29) is 23.5 Å². The van der Waals surface area contributed by atoms with E-state index in [1.54, 1.807) is 0 Å². The maximum absolute atomic E-state index is 12.7. The van der Waals surface area contributed by atoms with Gasteiger partial charge in [-0.2, -0.15) is 0 Å². The normalized spacial score (nSPS) is 20.7. The third-order valence-electron chi connectivity index (χ3n) is 4.45. The van der Waals surface area contributed by atoms with E-state index in [1.807, 2.05) is 37.3 Å².